The second-order valence-corrected chi connectivity index (χ2v) is 8.28. The number of aryl methyl sites for hydroxylation is 1. The van der Waals surface area contributed by atoms with Crippen molar-refractivity contribution >= 4 is 35.0 Å². The maximum atomic E-state index is 13.2. The molecule has 0 bridgehead atoms. The maximum absolute atomic E-state index is 13.2. The van der Waals surface area contributed by atoms with Crippen molar-refractivity contribution in [1.82, 2.24) is 14.9 Å². The molecule has 156 valence electrons. The zero-order chi connectivity index (χ0) is 21.1. The number of nitrogens with zero attached hydrogens (tertiary/aromatic N) is 3. The van der Waals surface area contributed by atoms with E-state index in [1.807, 2.05) is 42.8 Å². The first-order valence-electron chi connectivity index (χ1n) is 9.75. The van der Waals surface area contributed by atoms with E-state index in [-0.39, 0.29) is 11.9 Å². The molecule has 30 heavy (non-hydrogen) atoms. The molecule has 0 aliphatic carbocycles. The van der Waals surface area contributed by atoms with Crippen molar-refractivity contribution in [2.24, 2.45) is 0 Å². The molecule has 2 aromatic carbocycles. The minimum atomic E-state index is -0.444. The molecule has 2 atom stereocenters. The molecule has 1 aromatic heterocycles. The van der Waals surface area contributed by atoms with Gasteiger partial charge in [-0.15, -0.1) is 10.2 Å². The fraction of sp³-hybridized carbons (Fsp3) is 0.286. The van der Waals surface area contributed by atoms with Gasteiger partial charge in [0, 0.05) is 17.1 Å². The Morgan fingerprint density at radius 3 is 2.57 bits per heavy atom. The normalized spacial score (nSPS) is 17.7. The van der Waals surface area contributed by atoms with Gasteiger partial charge in [-0.05, 0) is 48.9 Å². The Labute approximate surface area is 184 Å². The van der Waals surface area contributed by atoms with Crippen LogP contribution < -0.4 is 15.5 Å². The molecule has 2 N–H and O–H groups in total. The summed E-state index contributed by atoms with van der Waals surface area (Å²) in [4.78, 5) is 13.2. The van der Waals surface area contributed by atoms with Gasteiger partial charge in [0.1, 0.15) is 11.0 Å². The minimum absolute atomic E-state index is 0.124. The first-order valence-corrected chi connectivity index (χ1v) is 11.0. The third kappa shape index (κ3) is 4.24. The second-order valence-electron chi connectivity index (χ2n) is 6.73. The summed E-state index contributed by atoms with van der Waals surface area (Å²) in [6.45, 7) is 4.58. The van der Waals surface area contributed by atoms with Crippen LogP contribution in [-0.4, -0.2) is 32.6 Å². The maximum Gasteiger partial charge on any atom is 0.240 e. The Morgan fingerprint density at radius 1 is 1.17 bits per heavy atom. The van der Waals surface area contributed by atoms with Crippen LogP contribution in [0.1, 0.15) is 31.3 Å². The van der Waals surface area contributed by atoms with Crippen LogP contribution in [0.25, 0.3) is 0 Å². The van der Waals surface area contributed by atoms with E-state index < -0.39 is 5.25 Å². The van der Waals surface area contributed by atoms with Crippen LogP contribution >= 0.6 is 23.4 Å². The molecular weight excluding hydrogens is 422 g/mol. The second kappa shape index (κ2) is 8.97. The summed E-state index contributed by atoms with van der Waals surface area (Å²) in [6.07, 6.45) is 0.734. The minimum Gasteiger partial charge on any atom is -0.494 e. The number of carbonyl (C=O) groups is 1. The predicted octanol–water partition coefficient (Wildman–Crippen LogP) is 4.29. The number of hydrogen-bond acceptors (Lipinski definition) is 6. The molecule has 3 aromatic rings. The lowest BCUT2D eigenvalue weighted by Crippen LogP contribution is -2.41. The summed E-state index contributed by atoms with van der Waals surface area (Å²) >= 11 is 7.35. The van der Waals surface area contributed by atoms with E-state index >= 15 is 0 Å². The Bertz CT molecular complexity index is 1020. The number of fused-ring (bicyclic) bond motifs is 1. The number of amides is 1. The quantitative estimate of drug-likeness (QED) is 0.591. The van der Waals surface area contributed by atoms with Crippen molar-refractivity contribution in [3.8, 4) is 5.75 Å². The van der Waals surface area contributed by atoms with Gasteiger partial charge in [0.2, 0.25) is 11.1 Å². The number of hydrogen-bond donors (Lipinski definition) is 2. The summed E-state index contributed by atoms with van der Waals surface area (Å²) < 4.78 is 7.42. The molecule has 1 aliphatic rings. The lowest BCUT2D eigenvalue weighted by Gasteiger charge is -2.33. The van der Waals surface area contributed by atoms with Gasteiger partial charge in [-0.3, -0.25) is 4.79 Å². The van der Waals surface area contributed by atoms with Gasteiger partial charge in [0.05, 0.1) is 12.6 Å². The van der Waals surface area contributed by atoms with Crippen LogP contribution in [0.2, 0.25) is 5.02 Å². The zero-order valence-electron chi connectivity index (χ0n) is 16.6. The summed E-state index contributed by atoms with van der Waals surface area (Å²) in [5.74, 6) is 1.50. The van der Waals surface area contributed by atoms with Crippen LogP contribution in [0.4, 0.5) is 5.69 Å². The van der Waals surface area contributed by atoms with Gasteiger partial charge in [0.25, 0.3) is 0 Å². The van der Waals surface area contributed by atoms with Crippen molar-refractivity contribution in [2.45, 2.75) is 36.7 Å². The van der Waals surface area contributed by atoms with E-state index in [0.717, 1.165) is 23.6 Å². The highest BCUT2D eigenvalue weighted by atomic mass is 35.5. The zero-order valence-corrected chi connectivity index (χ0v) is 18.2. The van der Waals surface area contributed by atoms with Gasteiger partial charge in [-0.1, -0.05) is 42.4 Å². The van der Waals surface area contributed by atoms with Gasteiger partial charge in [0.15, 0.2) is 5.82 Å². The molecular formula is C21H22ClN5O2S. The van der Waals surface area contributed by atoms with E-state index in [1.165, 1.54) is 11.8 Å². The predicted molar refractivity (Wildman–Crippen MR) is 119 cm³/mol. The van der Waals surface area contributed by atoms with Crippen molar-refractivity contribution in [3.05, 3.63) is 64.9 Å². The Morgan fingerprint density at radius 2 is 1.90 bits per heavy atom. The molecule has 2 heterocycles. The van der Waals surface area contributed by atoms with Crippen molar-refractivity contribution in [2.75, 3.05) is 17.3 Å². The van der Waals surface area contributed by atoms with Crippen molar-refractivity contribution in [1.29, 1.82) is 0 Å². The summed E-state index contributed by atoms with van der Waals surface area (Å²) in [5.41, 5.74) is 5.11. The Balaban J connectivity index is 1.64. The standard InChI is InChI=1S/C21H22ClN5O2S/c1-3-17-24-25-21-27(17)26-18(13-5-11-16(12-6-13)29-4-2)19(30-21)20(28)23-15-9-7-14(22)8-10-15/h5-12,18-19,26H,3-4H2,1-2H3,(H,23,28). The number of rotatable bonds is 6. The summed E-state index contributed by atoms with van der Waals surface area (Å²) in [5, 5.41) is 12.3. The smallest absolute Gasteiger partial charge is 0.240 e. The largest absolute Gasteiger partial charge is 0.494 e. The van der Waals surface area contributed by atoms with Crippen molar-refractivity contribution in [3.63, 3.8) is 0 Å². The van der Waals surface area contributed by atoms with Gasteiger partial charge >= 0.3 is 0 Å². The highest BCUT2D eigenvalue weighted by Gasteiger charge is 2.37. The summed E-state index contributed by atoms with van der Waals surface area (Å²) in [6, 6.07) is 14.6. The van der Waals surface area contributed by atoms with E-state index in [1.54, 1.807) is 24.3 Å². The number of ether oxygens (including phenoxy) is 1. The number of carbonyl (C=O) groups excluding carboxylic acids is 1. The molecule has 2 unspecified atom stereocenters. The molecule has 9 heteroatoms. The Kier molecular flexibility index (Phi) is 6.15. The van der Waals surface area contributed by atoms with Crippen LogP contribution in [0.5, 0.6) is 5.75 Å². The molecule has 1 amide bonds. The number of nitrogens with one attached hydrogen (secondary N) is 2. The van der Waals surface area contributed by atoms with Gasteiger partial charge < -0.3 is 15.5 Å². The molecule has 1 aliphatic heterocycles. The number of aromatic nitrogens is 3. The van der Waals surface area contributed by atoms with E-state index in [4.69, 9.17) is 16.3 Å². The first-order chi connectivity index (χ1) is 14.6. The number of halogens is 1. The molecule has 0 saturated heterocycles. The van der Waals surface area contributed by atoms with E-state index in [9.17, 15) is 4.79 Å². The number of anilines is 1. The van der Waals surface area contributed by atoms with E-state index in [0.29, 0.717) is 22.5 Å². The molecule has 0 radical (unpaired) electrons. The van der Waals surface area contributed by atoms with Crippen LogP contribution in [0.3, 0.4) is 0 Å². The average Bonchev–Trinajstić information content (AvgIpc) is 3.17. The lowest BCUT2D eigenvalue weighted by molar-refractivity contribution is -0.116. The Hall–Kier alpha value is -2.71. The molecule has 0 saturated carbocycles. The van der Waals surface area contributed by atoms with Crippen molar-refractivity contribution < 1.29 is 9.53 Å². The number of benzene rings is 2. The molecule has 7 nitrogen and oxygen atoms in total. The van der Waals surface area contributed by atoms with E-state index in [2.05, 4.69) is 20.9 Å². The first kappa shape index (κ1) is 20.6. The van der Waals surface area contributed by atoms with Crippen LogP contribution in [0, 0.1) is 0 Å². The molecule has 0 spiro atoms. The molecule has 0 fully saturated rings. The van der Waals surface area contributed by atoms with Gasteiger partial charge in [-0.25, -0.2) is 4.68 Å². The summed E-state index contributed by atoms with van der Waals surface area (Å²) in [7, 11) is 0. The number of thioether (sulfide) groups is 1. The highest BCUT2D eigenvalue weighted by Crippen LogP contribution is 2.38. The average molecular weight is 444 g/mol. The fourth-order valence-corrected chi connectivity index (χ4v) is 4.49. The monoisotopic (exact) mass is 443 g/mol. The van der Waals surface area contributed by atoms with Crippen LogP contribution in [0.15, 0.2) is 53.7 Å². The highest BCUT2D eigenvalue weighted by molar-refractivity contribution is 8.00. The lowest BCUT2D eigenvalue weighted by atomic mass is 10.0. The van der Waals surface area contributed by atoms with Crippen LogP contribution in [-0.2, 0) is 11.2 Å². The third-order valence-corrected chi connectivity index (χ3v) is 6.21. The third-order valence-electron chi connectivity index (χ3n) is 4.74. The topological polar surface area (TPSA) is 81.1 Å². The molecule has 4 rings (SSSR count). The fourth-order valence-electron chi connectivity index (χ4n) is 3.26. The van der Waals surface area contributed by atoms with Gasteiger partial charge in [-0.2, -0.15) is 0 Å². The SMILES string of the molecule is CCOc1ccc(C2Nn3c(CC)nnc3SC2C(=O)Nc2ccc(Cl)cc2)cc1.